The molecule has 1 aliphatic rings. The molecule has 150 valence electrons. The van der Waals surface area contributed by atoms with E-state index in [0.717, 1.165) is 22.5 Å². The van der Waals surface area contributed by atoms with Crippen molar-refractivity contribution in [3.8, 4) is 5.69 Å². The molecular weight excluding hydrogens is 411 g/mol. The van der Waals surface area contributed by atoms with E-state index in [1.54, 1.807) is 0 Å². The van der Waals surface area contributed by atoms with Gasteiger partial charge in [-0.3, -0.25) is 9.56 Å². The average Bonchev–Trinajstić information content (AvgIpc) is 3.06. The van der Waals surface area contributed by atoms with Crippen LogP contribution >= 0.6 is 23.2 Å². The molecule has 2 aromatic carbocycles. The fourth-order valence-corrected chi connectivity index (χ4v) is 3.76. The van der Waals surface area contributed by atoms with Crippen LogP contribution in [0.3, 0.4) is 0 Å². The first-order valence-corrected chi connectivity index (χ1v) is 10.2. The van der Waals surface area contributed by atoms with Gasteiger partial charge in [0.05, 0.1) is 11.4 Å². The average molecular weight is 431 g/mol. The Hall–Kier alpha value is -2.25. The Morgan fingerprint density at radius 1 is 1.00 bits per heavy atom. The Balaban J connectivity index is 1.92. The highest BCUT2D eigenvalue weighted by atomic mass is 35.5. The zero-order chi connectivity index (χ0) is 20.4. The molecule has 0 spiro atoms. The second kappa shape index (κ2) is 8.63. The van der Waals surface area contributed by atoms with Gasteiger partial charge in [0.25, 0.3) is 0 Å². The third-order valence-electron chi connectivity index (χ3n) is 4.56. The van der Waals surface area contributed by atoms with Crippen molar-refractivity contribution in [2.24, 2.45) is 4.99 Å². The lowest BCUT2D eigenvalue weighted by atomic mass is 10.0. The maximum Gasteiger partial charge on any atom is 0.219 e. The fraction of sp³-hybridized carbons (Fsp3) is 0.286. The molecule has 0 amide bonds. The van der Waals surface area contributed by atoms with Crippen LogP contribution in [0.15, 0.2) is 47.5 Å². The molecule has 0 atom stereocenters. The summed E-state index contributed by atoms with van der Waals surface area (Å²) in [5.41, 5.74) is 3.29. The van der Waals surface area contributed by atoms with Gasteiger partial charge >= 0.3 is 0 Å². The number of benzene rings is 2. The lowest BCUT2D eigenvalue weighted by Gasteiger charge is -2.19. The third kappa shape index (κ3) is 3.81. The van der Waals surface area contributed by atoms with Crippen molar-refractivity contribution in [2.75, 3.05) is 13.2 Å². The summed E-state index contributed by atoms with van der Waals surface area (Å²) in [4.78, 5) is 4.81. The summed E-state index contributed by atoms with van der Waals surface area (Å²) in [5.74, 6) is 1.26. The first-order chi connectivity index (χ1) is 14.1. The Morgan fingerprint density at radius 3 is 2.48 bits per heavy atom. The van der Waals surface area contributed by atoms with Crippen LogP contribution in [0.2, 0.25) is 10.0 Å². The molecule has 6 nitrogen and oxygen atoms in total. The first-order valence-electron chi connectivity index (χ1n) is 9.41. The summed E-state index contributed by atoms with van der Waals surface area (Å²) in [6, 6.07) is 13.3. The Kier molecular flexibility index (Phi) is 5.96. The summed E-state index contributed by atoms with van der Waals surface area (Å²) < 4.78 is 13.5. The van der Waals surface area contributed by atoms with Crippen LogP contribution in [-0.4, -0.2) is 33.7 Å². The summed E-state index contributed by atoms with van der Waals surface area (Å²) >= 11 is 12.8. The van der Waals surface area contributed by atoms with Crippen LogP contribution in [0.5, 0.6) is 0 Å². The maximum atomic E-state index is 6.48. The standard InChI is InChI=1S/C21H20Cl2N4O2/c1-3-28-21(29-4-2)20-26-25-18-12-24-19(14-7-5-6-8-16(14)23)15-11-13(22)9-10-17(15)27(18)20/h5-11,21H,3-4,12H2,1-2H3. The van der Waals surface area contributed by atoms with E-state index in [0.29, 0.717) is 41.5 Å². The minimum Gasteiger partial charge on any atom is -0.346 e. The van der Waals surface area contributed by atoms with Gasteiger partial charge in [0, 0.05) is 34.4 Å². The predicted octanol–water partition coefficient (Wildman–Crippen LogP) is 5.00. The molecule has 0 aliphatic carbocycles. The molecule has 8 heteroatoms. The normalized spacial score (nSPS) is 13.1. The number of nitrogens with zero attached hydrogens (tertiary/aromatic N) is 4. The van der Waals surface area contributed by atoms with E-state index in [-0.39, 0.29) is 0 Å². The van der Waals surface area contributed by atoms with Crippen LogP contribution in [0, 0.1) is 0 Å². The van der Waals surface area contributed by atoms with Gasteiger partial charge in [-0.15, -0.1) is 10.2 Å². The van der Waals surface area contributed by atoms with E-state index in [2.05, 4.69) is 10.2 Å². The second-order valence-electron chi connectivity index (χ2n) is 6.36. The van der Waals surface area contributed by atoms with Crippen LogP contribution in [0.25, 0.3) is 5.69 Å². The number of aromatic nitrogens is 3. The van der Waals surface area contributed by atoms with E-state index < -0.39 is 6.29 Å². The molecule has 1 aliphatic heterocycles. The highest BCUT2D eigenvalue weighted by Crippen LogP contribution is 2.32. The summed E-state index contributed by atoms with van der Waals surface area (Å²) in [5, 5.41) is 9.93. The fourth-order valence-electron chi connectivity index (χ4n) is 3.36. The van der Waals surface area contributed by atoms with Gasteiger partial charge in [-0.05, 0) is 38.1 Å². The van der Waals surface area contributed by atoms with E-state index in [9.17, 15) is 0 Å². The number of hydrogen-bond acceptors (Lipinski definition) is 5. The van der Waals surface area contributed by atoms with Gasteiger partial charge in [0.1, 0.15) is 6.54 Å². The smallest absolute Gasteiger partial charge is 0.219 e. The number of halogens is 2. The molecule has 0 fully saturated rings. The molecular formula is C21H20Cl2N4O2. The van der Waals surface area contributed by atoms with Gasteiger partial charge in [-0.2, -0.15) is 0 Å². The monoisotopic (exact) mass is 430 g/mol. The summed E-state index contributed by atoms with van der Waals surface area (Å²) in [7, 11) is 0. The number of fused-ring (bicyclic) bond motifs is 3. The van der Waals surface area contributed by atoms with Crippen LogP contribution in [0.1, 0.15) is 42.9 Å². The first kappa shape index (κ1) is 20.0. The molecule has 1 aromatic heterocycles. The van der Waals surface area contributed by atoms with E-state index >= 15 is 0 Å². The number of aliphatic imine (C=N–C) groups is 1. The van der Waals surface area contributed by atoms with Crippen molar-refractivity contribution >= 4 is 28.9 Å². The molecule has 3 aromatic rings. The lowest BCUT2D eigenvalue weighted by Crippen LogP contribution is -2.16. The Bertz CT molecular complexity index is 1060. The van der Waals surface area contributed by atoms with E-state index in [4.69, 9.17) is 37.7 Å². The summed E-state index contributed by atoms with van der Waals surface area (Å²) in [6.45, 7) is 5.14. The van der Waals surface area contributed by atoms with Gasteiger partial charge in [0.2, 0.25) is 6.29 Å². The van der Waals surface area contributed by atoms with Gasteiger partial charge in [-0.1, -0.05) is 41.4 Å². The predicted molar refractivity (Wildman–Crippen MR) is 113 cm³/mol. The molecule has 4 rings (SSSR count). The quantitative estimate of drug-likeness (QED) is 0.516. The third-order valence-corrected chi connectivity index (χ3v) is 5.13. The zero-order valence-corrected chi connectivity index (χ0v) is 17.6. The lowest BCUT2D eigenvalue weighted by molar-refractivity contribution is -0.146. The molecule has 0 bridgehead atoms. The molecule has 0 saturated heterocycles. The zero-order valence-electron chi connectivity index (χ0n) is 16.1. The molecule has 0 unspecified atom stereocenters. The highest BCUT2D eigenvalue weighted by molar-refractivity contribution is 6.36. The number of ether oxygens (including phenoxy) is 2. The Labute approximate surface area is 179 Å². The van der Waals surface area contributed by atoms with Gasteiger partial charge in [-0.25, -0.2) is 0 Å². The largest absolute Gasteiger partial charge is 0.346 e. The van der Waals surface area contributed by atoms with Crippen LogP contribution in [0.4, 0.5) is 0 Å². The van der Waals surface area contributed by atoms with E-state index in [1.807, 2.05) is 60.9 Å². The highest BCUT2D eigenvalue weighted by Gasteiger charge is 2.28. The molecule has 0 radical (unpaired) electrons. The Morgan fingerprint density at radius 2 is 1.76 bits per heavy atom. The molecule has 2 heterocycles. The van der Waals surface area contributed by atoms with Crippen molar-refractivity contribution in [3.63, 3.8) is 0 Å². The van der Waals surface area contributed by atoms with Crippen molar-refractivity contribution in [1.29, 1.82) is 0 Å². The van der Waals surface area contributed by atoms with Crippen molar-refractivity contribution < 1.29 is 9.47 Å². The number of hydrogen-bond donors (Lipinski definition) is 0. The topological polar surface area (TPSA) is 61.5 Å². The molecule has 0 saturated carbocycles. The van der Waals surface area contributed by atoms with Gasteiger partial charge in [0.15, 0.2) is 11.6 Å². The minimum absolute atomic E-state index is 0.338. The SMILES string of the molecule is CCOC(OCC)c1nnc2n1-c1ccc(Cl)cc1C(c1ccccc1Cl)=NC2. The van der Waals surface area contributed by atoms with Crippen LogP contribution in [-0.2, 0) is 16.0 Å². The van der Waals surface area contributed by atoms with Crippen molar-refractivity contribution in [3.05, 3.63) is 75.3 Å². The maximum absolute atomic E-state index is 6.48. The van der Waals surface area contributed by atoms with Gasteiger partial charge < -0.3 is 9.47 Å². The molecule has 0 N–H and O–H groups in total. The minimum atomic E-state index is -0.628. The number of rotatable bonds is 6. The van der Waals surface area contributed by atoms with Crippen molar-refractivity contribution in [2.45, 2.75) is 26.7 Å². The second-order valence-corrected chi connectivity index (χ2v) is 7.20. The van der Waals surface area contributed by atoms with Crippen LogP contribution < -0.4 is 0 Å². The van der Waals surface area contributed by atoms with E-state index in [1.165, 1.54) is 0 Å². The summed E-state index contributed by atoms with van der Waals surface area (Å²) in [6.07, 6.45) is -0.628. The van der Waals surface area contributed by atoms with Crippen molar-refractivity contribution in [1.82, 2.24) is 14.8 Å². The molecule has 29 heavy (non-hydrogen) atoms.